The molecule has 2 aromatic heterocycles. The van der Waals surface area contributed by atoms with Crippen molar-refractivity contribution in [2.24, 2.45) is 0 Å². The van der Waals surface area contributed by atoms with Crippen LogP contribution < -0.4 is 0 Å². The van der Waals surface area contributed by atoms with Gasteiger partial charge in [0.05, 0.1) is 22.8 Å². The second kappa shape index (κ2) is 6.79. The van der Waals surface area contributed by atoms with E-state index in [2.05, 4.69) is 15.0 Å². The van der Waals surface area contributed by atoms with Crippen molar-refractivity contribution in [1.29, 1.82) is 0 Å². The van der Waals surface area contributed by atoms with Gasteiger partial charge in [-0.1, -0.05) is 23.7 Å². The largest absolute Gasteiger partial charge is 0.444 e. The van der Waals surface area contributed by atoms with Gasteiger partial charge in [-0.25, -0.2) is 4.98 Å². The number of hydrogen-bond donors (Lipinski definition) is 0. The predicted octanol–water partition coefficient (Wildman–Crippen LogP) is 3.86. The van der Waals surface area contributed by atoms with Crippen LogP contribution in [0, 0.1) is 0 Å². The van der Waals surface area contributed by atoms with Crippen LogP contribution in [-0.2, 0) is 13.1 Å². The molecule has 0 aliphatic carbocycles. The molecule has 1 saturated heterocycles. The van der Waals surface area contributed by atoms with Gasteiger partial charge in [0, 0.05) is 25.0 Å². The maximum Gasteiger partial charge on any atom is 0.227 e. The number of oxazole rings is 1. The van der Waals surface area contributed by atoms with Gasteiger partial charge >= 0.3 is 0 Å². The Hall–Kier alpha value is -2.11. The van der Waals surface area contributed by atoms with E-state index >= 15 is 0 Å². The van der Waals surface area contributed by atoms with Gasteiger partial charge in [0.2, 0.25) is 5.89 Å². The monoisotopic (exact) mass is 342 g/mol. The van der Waals surface area contributed by atoms with Crippen LogP contribution in [-0.4, -0.2) is 32.3 Å². The Kier molecular flexibility index (Phi) is 4.36. The molecule has 6 heteroatoms. The van der Waals surface area contributed by atoms with Crippen molar-refractivity contribution in [3.8, 4) is 11.5 Å². The summed E-state index contributed by atoms with van der Waals surface area (Å²) < 4.78 is 7.64. The van der Waals surface area contributed by atoms with Crippen molar-refractivity contribution in [3.63, 3.8) is 0 Å². The lowest BCUT2D eigenvalue weighted by molar-refractivity contribution is 0.217. The van der Waals surface area contributed by atoms with Crippen LogP contribution in [0.2, 0.25) is 5.02 Å². The first-order valence-corrected chi connectivity index (χ1v) is 8.58. The minimum Gasteiger partial charge on any atom is -0.444 e. The van der Waals surface area contributed by atoms with Gasteiger partial charge in [-0.15, -0.1) is 0 Å². The van der Waals surface area contributed by atoms with E-state index in [4.69, 9.17) is 16.0 Å². The van der Waals surface area contributed by atoms with Gasteiger partial charge in [-0.2, -0.15) is 5.10 Å². The van der Waals surface area contributed by atoms with Crippen molar-refractivity contribution in [2.75, 3.05) is 6.54 Å². The SMILES string of the molecule is Clc1ccccc1-c1nc(CN2CCCC2Cn2cccn2)co1. The number of rotatable bonds is 5. The number of aromatic nitrogens is 3. The first kappa shape index (κ1) is 15.4. The van der Waals surface area contributed by atoms with E-state index in [1.165, 1.54) is 12.8 Å². The molecule has 4 rings (SSSR count). The van der Waals surface area contributed by atoms with Crippen molar-refractivity contribution in [1.82, 2.24) is 19.7 Å². The number of likely N-dealkylation sites (tertiary alicyclic amines) is 1. The smallest absolute Gasteiger partial charge is 0.227 e. The molecule has 0 amide bonds. The van der Waals surface area contributed by atoms with E-state index in [1.807, 2.05) is 47.4 Å². The normalized spacial score (nSPS) is 18.3. The van der Waals surface area contributed by atoms with Crippen LogP contribution in [0.3, 0.4) is 0 Å². The summed E-state index contributed by atoms with van der Waals surface area (Å²) >= 11 is 6.22. The third-order valence-corrected chi connectivity index (χ3v) is 4.81. The van der Waals surface area contributed by atoms with E-state index < -0.39 is 0 Å². The number of halogens is 1. The Bertz CT molecular complexity index is 799. The summed E-state index contributed by atoms with van der Waals surface area (Å²) in [6.07, 6.45) is 7.98. The average molecular weight is 343 g/mol. The quantitative estimate of drug-likeness (QED) is 0.706. The highest BCUT2D eigenvalue weighted by Crippen LogP contribution is 2.28. The molecule has 1 aromatic carbocycles. The fourth-order valence-electron chi connectivity index (χ4n) is 3.28. The van der Waals surface area contributed by atoms with Crippen LogP contribution in [0.25, 0.3) is 11.5 Å². The van der Waals surface area contributed by atoms with Crippen molar-refractivity contribution in [3.05, 3.63) is 59.7 Å². The number of nitrogens with zero attached hydrogens (tertiary/aromatic N) is 4. The molecule has 0 saturated carbocycles. The van der Waals surface area contributed by atoms with Crippen molar-refractivity contribution < 1.29 is 4.42 Å². The zero-order valence-corrected chi connectivity index (χ0v) is 14.1. The maximum atomic E-state index is 6.22. The fourth-order valence-corrected chi connectivity index (χ4v) is 3.50. The maximum absolute atomic E-state index is 6.22. The second-order valence-electron chi connectivity index (χ2n) is 6.12. The van der Waals surface area contributed by atoms with Crippen LogP contribution in [0.15, 0.2) is 53.4 Å². The number of benzene rings is 1. The lowest BCUT2D eigenvalue weighted by atomic mass is 10.2. The van der Waals surface area contributed by atoms with Gasteiger partial charge in [0.15, 0.2) is 0 Å². The minimum absolute atomic E-state index is 0.491. The molecule has 3 aromatic rings. The second-order valence-corrected chi connectivity index (χ2v) is 6.53. The molecule has 1 aliphatic rings. The van der Waals surface area contributed by atoms with Crippen LogP contribution in [0.4, 0.5) is 0 Å². The topological polar surface area (TPSA) is 47.1 Å². The summed E-state index contributed by atoms with van der Waals surface area (Å²) in [7, 11) is 0. The molecule has 1 unspecified atom stereocenters. The highest BCUT2D eigenvalue weighted by molar-refractivity contribution is 6.33. The average Bonchev–Trinajstić information content (AvgIpc) is 3.32. The van der Waals surface area contributed by atoms with E-state index in [0.29, 0.717) is 17.0 Å². The summed E-state index contributed by atoms with van der Waals surface area (Å²) in [4.78, 5) is 7.08. The zero-order valence-electron chi connectivity index (χ0n) is 13.3. The van der Waals surface area contributed by atoms with E-state index in [0.717, 1.165) is 30.9 Å². The summed E-state index contributed by atoms with van der Waals surface area (Å²) in [5.41, 5.74) is 1.78. The molecular formula is C18H19ClN4O. The molecule has 0 radical (unpaired) electrons. The Morgan fingerprint density at radius 1 is 1.25 bits per heavy atom. The third-order valence-electron chi connectivity index (χ3n) is 4.48. The Labute approximate surface area is 145 Å². The Morgan fingerprint density at radius 2 is 2.17 bits per heavy atom. The lowest BCUT2D eigenvalue weighted by Gasteiger charge is -2.23. The lowest BCUT2D eigenvalue weighted by Crippen LogP contribution is -2.32. The van der Waals surface area contributed by atoms with Crippen molar-refractivity contribution in [2.45, 2.75) is 32.0 Å². The molecular weight excluding hydrogens is 324 g/mol. The highest BCUT2D eigenvalue weighted by Gasteiger charge is 2.26. The van der Waals surface area contributed by atoms with E-state index in [1.54, 1.807) is 6.26 Å². The highest BCUT2D eigenvalue weighted by atomic mass is 35.5. The molecule has 0 N–H and O–H groups in total. The predicted molar refractivity (Wildman–Crippen MR) is 92.6 cm³/mol. The summed E-state index contributed by atoms with van der Waals surface area (Å²) in [6, 6.07) is 10.1. The van der Waals surface area contributed by atoms with Crippen LogP contribution in [0.1, 0.15) is 18.5 Å². The van der Waals surface area contributed by atoms with Gasteiger partial charge in [0.25, 0.3) is 0 Å². The molecule has 1 aliphatic heterocycles. The van der Waals surface area contributed by atoms with Crippen LogP contribution in [0.5, 0.6) is 0 Å². The molecule has 3 heterocycles. The standard InChI is InChI=1S/C18H19ClN4O/c19-17-7-2-1-6-16(17)18-21-14(13-24-18)11-22-9-3-5-15(22)12-23-10-4-8-20-23/h1-2,4,6-8,10,13,15H,3,5,9,11-12H2. The van der Waals surface area contributed by atoms with Gasteiger partial charge in [0.1, 0.15) is 6.26 Å². The van der Waals surface area contributed by atoms with E-state index in [-0.39, 0.29) is 0 Å². The number of hydrogen-bond acceptors (Lipinski definition) is 4. The molecule has 5 nitrogen and oxygen atoms in total. The molecule has 0 spiro atoms. The molecule has 24 heavy (non-hydrogen) atoms. The third kappa shape index (κ3) is 3.23. The van der Waals surface area contributed by atoms with E-state index in [9.17, 15) is 0 Å². The Balaban J connectivity index is 1.46. The fraction of sp³-hybridized carbons (Fsp3) is 0.333. The minimum atomic E-state index is 0.491. The summed E-state index contributed by atoms with van der Waals surface area (Å²) in [5, 5.41) is 4.97. The molecule has 0 bridgehead atoms. The molecule has 1 fully saturated rings. The summed E-state index contributed by atoms with van der Waals surface area (Å²) in [5.74, 6) is 0.582. The molecule has 124 valence electrons. The van der Waals surface area contributed by atoms with Gasteiger partial charge in [-0.05, 0) is 37.6 Å². The summed E-state index contributed by atoms with van der Waals surface area (Å²) in [6.45, 7) is 2.79. The Morgan fingerprint density at radius 3 is 3.00 bits per heavy atom. The molecule has 1 atom stereocenters. The zero-order chi connectivity index (χ0) is 16.4. The first-order chi connectivity index (χ1) is 11.8. The first-order valence-electron chi connectivity index (χ1n) is 8.20. The van der Waals surface area contributed by atoms with Gasteiger partial charge in [-0.3, -0.25) is 9.58 Å². The van der Waals surface area contributed by atoms with Crippen molar-refractivity contribution >= 4 is 11.6 Å². The van der Waals surface area contributed by atoms with Gasteiger partial charge < -0.3 is 4.42 Å². The van der Waals surface area contributed by atoms with Crippen LogP contribution >= 0.6 is 11.6 Å².